The van der Waals surface area contributed by atoms with E-state index in [4.69, 9.17) is 9.47 Å². The standard InChI is InChI=1S/C26H28N2O3/c1-30-18-9-17-28-25(27-23-14-7-5-12-21(23)26(28)29)22-13-6-8-15-24(22)31-19-16-20-10-3-2-4-11-20/h2-8,10-15,25,27H,9,16-19H2,1H3. The monoisotopic (exact) mass is 416 g/mol. The topological polar surface area (TPSA) is 50.8 Å². The molecule has 0 bridgehead atoms. The first kappa shape index (κ1) is 20.9. The van der Waals surface area contributed by atoms with Crippen molar-refractivity contribution in [2.75, 3.05) is 32.2 Å². The molecule has 0 aliphatic carbocycles. The molecule has 1 amide bonds. The Balaban J connectivity index is 1.57. The zero-order chi connectivity index (χ0) is 21.5. The summed E-state index contributed by atoms with van der Waals surface area (Å²) in [6, 6.07) is 25.9. The highest BCUT2D eigenvalue weighted by atomic mass is 16.5. The van der Waals surface area contributed by atoms with Gasteiger partial charge in [-0.05, 0) is 30.2 Å². The summed E-state index contributed by atoms with van der Waals surface area (Å²) in [6.45, 7) is 1.77. The minimum Gasteiger partial charge on any atom is -0.493 e. The molecule has 1 aliphatic rings. The highest BCUT2D eigenvalue weighted by Gasteiger charge is 2.33. The maximum atomic E-state index is 13.3. The third-order valence-electron chi connectivity index (χ3n) is 5.47. The number of carbonyl (C=O) groups is 1. The molecule has 0 fully saturated rings. The molecule has 0 saturated heterocycles. The predicted molar refractivity (Wildman–Crippen MR) is 122 cm³/mol. The normalized spacial score (nSPS) is 15.3. The maximum Gasteiger partial charge on any atom is 0.257 e. The molecular formula is C26H28N2O3. The van der Waals surface area contributed by atoms with E-state index in [1.165, 1.54) is 5.56 Å². The summed E-state index contributed by atoms with van der Waals surface area (Å²) >= 11 is 0. The highest BCUT2D eigenvalue weighted by molar-refractivity contribution is 6.01. The molecular weight excluding hydrogens is 388 g/mol. The Hall–Kier alpha value is -3.31. The molecule has 0 radical (unpaired) electrons. The van der Waals surface area contributed by atoms with Crippen LogP contribution in [0.5, 0.6) is 5.75 Å². The number of ether oxygens (including phenoxy) is 2. The van der Waals surface area contributed by atoms with Crippen molar-refractivity contribution in [2.24, 2.45) is 0 Å². The average Bonchev–Trinajstić information content (AvgIpc) is 2.82. The Morgan fingerprint density at radius 3 is 2.48 bits per heavy atom. The maximum absolute atomic E-state index is 13.3. The minimum atomic E-state index is -0.299. The molecule has 0 spiro atoms. The number of benzene rings is 3. The van der Waals surface area contributed by atoms with Crippen molar-refractivity contribution in [2.45, 2.75) is 19.0 Å². The molecule has 31 heavy (non-hydrogen) atoms. The van der Waals surface area contributed by atoms with Crippen LogP contribution in [0.3, 0.4) is 0 Å². The second-order valence-electron chi connectivity index (χ2n) is 7.56. The number of nitrogens with one attached hydrogen (secondary N) is 1. The Morgan fingerprint density at radius 1 is 0.903 bits per heavy atom. The SMILES string of the molecule is COCCCN1C(=O)c2ccccc2NC1c1ccccc1OCCc1ccccc1. The number of para-hydroxylation sites is 2. The van der Waals surface area contributed by atoms with Gasteiger partial charge in [-0.2, -0.15) is 0 Å². The molecule has 3 aromatic rings. The van der Waals surface area contributed by atoms with E-state index < -0.39 is 0 Å². The first-order valence-corrected chi connectivity index (χ1v) is 10.7. The van der Waals surface area contributed by atoms with Gasteiger partial charge < -0.3 is 19.7 Å². The molecule has 0 aromatic heterocycles. The summed E-state index contributed by atoms with van der Waals surface area (Å²) in [7, 11) is 1.68. The summed E-state index contributed by atoms with van der Waals surface area (Å²) in [5.74, 6) is 0.814. The fraction of sp³-hybridized carbons (Fsp3) is 0.269. The van der Waals surface area contributed by atoms with Crippen LogP contribution in [0.4, 0.5) is 5.69 Å². The van der Waals surface area contributed by atoms with Gasteiger partial charge in [0.2, 0.25) is 0 Å². The van der Waals surface area contributed by atoms with E-state index in [-0.39, 0.29) is 12.1 Å². The van der Waals surface area contributed by atoms with Crippen molar-refractivity contribution in [1.82, 2.24) is 4.90 Å². The van der Waals surface area contributed by atoms with Gasteiger partial charge in [0.1, 0.15) is 11.9 Å². The van der Waals surface area contributed by atoms with Gasteiger partial charge >= 0.3 is 0 Å². The molecule has 5 heteroatoms. The van der Waals surface area contributed by atoms with E-state index in [1.54, 1.807) is 7.11 Å². The Kier molecular flexibility index (Phi) is 6.85. The molecule has 5 nitrogen and oxygen atoms in total. The van der Waals surface area contributed by atoms with Crippen LogP contribution in [-0.2, 0) is 11.2 Å². The second-order valence-corrected chi connectivity index (χ2v) is 7.56. The quantitative estimate of drug-likeness (QED) is 0.504. The van der Waals surface area contributed by atoms with Gasteiger partial charge in [-0.1, -0.05) is 60.7 Å². The number of carbonyl (C=O) groups excluding carboxylic acids is 1. The van der Waals surface area contributed by atoms with E-state index in [2.05, 4.69) is 17.4 Å². The smallest absolute Gasteiger partial charge is 0.257 e. The van der Waals surface area contributed by atoms with Crippen molar-refractivity contribution in [1.29, 1.82) is 0 Å². The van der Waals surface area contributed by atoms with Crippen molar-refractivity contribution < 1.29 is 14.3 Å². The van der Waals surface area contributed by atoms with Crippen LogP contribution < -0.4 is 10.1 Å². The molecule has 1 unspecified atom stereocenters. The van der Waals surface area contributed by atoms with Gasteiger partial charge in [0, 0.05) is 37.9 Å². The third kappa shape index (κ3) is 4.89. The summed E-state index contributed by atoms with van der Waals surface area (Å²) in [4.78, 5) is 15.2. The number of hydrogen-bond acceptors (Lipinski definition) is 4. The van der Waals surface area contributed by atoms with Crippen LogP contribution >= 0.6 is 0 Å². The predicted octanol–water partition coefficient (Wildman–Crippen LogP) is 4.91. The zero-order valence-corrected chi connectivity index (χ0v) is 17.8. The Morgan fingerprint density at radius 2 is 1.65 bits per heavy atom. The van der Waals surface area contributed by atoms with Crippen LogP contribution in [0.25, 0.3) is 0 Å². The number of amides is 1. The van der Waals surface area contributed by atoms with Crippen LogP contribution in [0.1, 0.15) is 34.1 Å². The lowest BCUT2D eigenvalue weighted by Gasteiger charge is -2.38. The molecule has 160 valence electrons. The van der Waals surface area contributed by atoms with Crippen molar-refractivity contribution in [3.63, 3.8) is 0 Å². The van der Waals surface area contributed by atoms with Crippen LogP contribution in [0, 0.1) is 0 Å². The number of nitrogens with zero attached hydrogens (tertiary/aromatic N) is 1. The first-order chi connectivity index (χ1) is 15.3. The lowest BCUT2D eigenvalue weighted by atomic mass is 10.0. The summed E-state index contributed by atoms with van der Waals surface area (Å²) in [6.07, 6.45) is 1.29. The van der Waals surface area contributed by atoms with E-state index in [0.717, 1.165) is 29.8 Å². The van der Waals surface area contributed by atoms with Crippen LogP contribution in [0.2, 0.25) is 0 Å². The van der Waals surface area contributed by atoms with Gasteiger partial charge in [-0.3, -0.25) is 4.79 Å². The van der Waals surface area contributed by atoms with Gasteiger partial charge in [-0.15, -0.1) is 0 Å². The molecule has 3 aromatic carbocycles. The summed E-state index contributed by atoms with van der Waals surface area (Å²) < 4.78 is 11.4. The van der Waals surface area contributed by atoms with Gasteiger partial charge in [0.15, 0.2) is 0 Å². The Bertz CT molecular complexity index is 1010. The lowest BCUT2D eigenvalue weighted by Crippen LogP contribution is -2.43. The van der Waals surface area contributed by atoms with Gasteiger partial charge in [0.25, 0.3) is 5.91 Å². The second kappa shape index (κ2) is 10.1. The summed E-state index contributed by atoms with van der Waals surface area (Å²) in [5.41, 5.74) is 3.73. The number of anilines is 1. The van der Waals surface area contributed by atoms with Crippen molar-refractivity contribution in [3.05, 3.63) is 95.6 Å². The first-order valence-electron chi connectivity index (χ1n) is 10.7. The van der Waals surface area contributed by atoms with E-state index >= 15 is 0 Å². The molecule has 1 aliphatic heterocycles. The Labute approximate surface area is 183 Å². The van der Waals surface area contributed by atoms with E-state index in [0.29, 0.717) is 25.3 Å². The van der Waals surface area contributed by atoms with Crippen molar-refractivity contribution in [3.8, 4) is 5.75 Å². The third-order valence-corrected chi connectivity index (χ3v) is 5.47. The van der Waals surface area contributed by atoms with Crippen LogP contribution in [0.15, 0.2) is 78.9 Å². The van der Waals surface area contributed by atoms with Crippen molar-refractivity contribution >= 4 is 11.6 Å². The molecule has 4 rings (SSSR count). The minimum absolute atomic E-state index is 0.0227. The highest BCUT2D eigenvalue weighted by Crippen LogP contribution is 2.36. The number of rotatable bonds is 9. The summed E-state index contributed by atoms with van der Waals surface area (Å²) in [5, 5.41) is 3.55. The zero-order valence-electron chi connectivity index (χ0n) is 17.8. The van der Waals surface area contributed by atoms with E-state index in [9.17, 15) is 4.79 Å². The van der Waals surface area contributed by atoms with Crippen LogP contribution in [-0.4, -0.2) is 37.7 Å². The van der Waals surface area contributed by atoms with Gasteiger partial charge in [-0.25, -0.2) is 0 Å². The fourth-order valence-electron chi connectivity index (χ4n) is 3.91. The number of hydrogen-bond donors (Lipinski definition) is 1. The van der Waals surface area contributed by atoms with Gasteiger partial charge in [0.05, 0.1) is 12.2 Å². The number of methoxy groups -OCH3 is 1. The average molecular weight is 417 g/mol. The molecule has 0 saturated carbocycles. The fourth-order valence-corrected chi connectivity index (χ4v) is 3.91. The largest absolute Gasteiger partial charge is 0.493 e. The van der Waals surface area contributed by atoms with E-state index in [1.807, 2.05) is 71.6 Å². The lowest BCUT2D eigenvalue weighted by molar-refractivity contribution is 0.0657. The molecule has 1 atom stereocenters. The number of fused-ring (bicyclic) bond motifs is 1. The molecule has 1 N–H and O–H groups in total. The molecule has 1 heterocycles.